The maximum atomic E-state index is 10.6. The summed E-state index contributed by atoms with van der Waals surface area (Å²) >= 11 is 0. The summed E-state index contributed by atoms with van der Waals surface area (Å²) in [6.07, 6.45) is -4.80. The van der Waals surface area contributed by atoms with Crippen molar-refractivity contribution in [3.8, 4) is 0 Å². The van der Waals surface area contributed by atoms with Crippen LogP contribution in [-0.2, 0) is 14.4 Å². The van der Waals surface area contributed by atoms with Crippen molar-refractivity contribution < 1.29 is 34.9 Å². The van der Waals surface area contributed by atoms with Gasteiger partial charge < -0.3 is 15.3 Å². The lowest BCUT2D eigenvalue weighted by molar-refractivity contribution is -0.161. The van der Waals surface area contributed by atoms with Gasteiger partial charge in [0.1, 0.15) is 0 Å². The molecule has 0 radical (unpaired) electrons. The van der Waals surface area contributed by atoms with E-state index in [1.54, 1.807) is 0 Å². The topological polar surface area (TPSA) is 144 Å². The van der Waals surface area contributed by atoms with Gasteiger partial charge in [-0.15, -0.1) is 0 Å². The number of carbonyl (C=O) groups excluding carboxylic acids is 2. The number of carboxylic acid groups (broad SMARTS) is 1. The first kappa shape index (κ1) is 11.5. The van der Waals surface area contributed by atoms with Crippen LogP contribution in [0.5, 0.6) is 0 Å². The molecule has 0 aromatic rings. The molecule has 8 nitrogen and oxygen atoms in total. The number of hydroxylamine groups is 1. The van der Waals surface area contributed by atoms with Crippen molar-refractivity contribution in [3.05, 3.63) is 0 Å². The summed E-state index contributed by atoms with van der Waals surface area (Å²) < 4.78 is 0. The zero-order valence-electron chi connectivity index (χ0n) is 6.17. The lowest BCUT2D eigenvalue weighted by Crippen LogP contribution is -2.45. The van der Waals surface area contributed by atoms with Crippen molar-refractivity contribution in [2.45, 2.75) is 12.2 Å². The first-order valence-electron chi connectivity index (χ1n) is 2.99. The molecule has 0 aromatic heterocycles. The largest absolute Gasteiger partial charge is 0.479 e. The fourth-order valence-electron chi connectivity index (χ4n) is 0.468. The fourth-order valence-corrected chi connectivity index (χ4v) is 0.468. The Hall–Kier alpha value is -1.51. The highest BCUT2D eigenvalue weighted by Gasteiger charge is 2.33. The number of carboxylic acids is 1. The van der Waals surface area contributed by atoms with E-state index in [4.69, 9.17) is 20.5 Å². The molecule has 2 unspecified atom stereocenters. The molecule has 0 rings (SSSR count). The highest BCUT2D eigenvalue weighted by atomic mass is 16.5. The highest BCUT2D eigenvalue weighted by Crippen LogP contribution is 1.95. The normalized spacial score (nSPS) is 14.4. The van der Waals surface area contributed by atoms with Crippen LogP contribution < -0.4 is 5.48 Å². The van der Waals surface area contributed by atoms with Crippen LogP contribution in [0.1, 0.15) is 0 Å². The molecule has 1 amide bonds. The Bertz CT molecular complexity index is 237. The fraction of sp³-hybridized carbons (Fsp3) is 0.400. The van der Waals surface area contributed by atoms with E-state index in [9.17, 15) is 14.4 Å². The van der Waals surface area contributed by atoms with Crippen LogP contribution in [0.3, 0.4) is 0 Å². The van der Waals surface area contributed by atoms with E-state index in [-0.39, 0.29) is 0 Å². The third-order valence-electron chi connectivity index (χ3n) is 1.15. The lowest BCUT2D eigenvalue weighted by Gasteiger charge is -2.10. The molecule has 5 N–H and O–H groups in total. The smallest absolute Gasteiger partial charge is 0.335 e. The van der Waals surface area contributed by atoms with Gasteiger partial charge in [-0.3, -0.25) is 14.8 Å². The second-order valence-electron chi connectivity index (χ2n) is 2.03. The van der Waals surface area contributed by atoms with E-state index in [1.165, 1.54) is 0 Å². The number of aliphatic carboxylic acids is 1. The van der Waals surface area contributed by atoms with Crippen molar-refractivity contribution >= 4 is 17.7 Å². The third kappa shape index (κ3) is 2.78. The summed E-state index contributed by atoms with van der Waals surface area (Å²) in [6, 6.07) is 0. The average molecular weight is 193 g/mol. The number of hydrogen-bond acceptors (Lipinski definition) is 6. The Morgan fingerprint density at radius 2 is 1.54 bits per heavy atom. The van der Waals surface area contributed by atoms with E-state index in [0.717, 1.165) is 5.48 Å². The third-order valence-corrected chi connectivity index (χ3v) is 1.15. The van der Waals surface area contributed by atoms with Crippen molar-refractivity contribution in [1.29, 1.82) is 0 Å². The van der Waals surface area contributed by atoms with Gasteiger partial charge in [0.15, 0.2) is 12.2 Å². The van der Waals surface area contributed by atoms with E-state index < -0.39 is 29.9 Å². The Kier molecular flexibility index (Phi) is 3.98. The molecular weight excluding hydrogens is 186 g/mol. The molecule has 0 aromatic carbocycles. The van der Waals surface area contributed by atoms with Crippen LogP contribution >= 0.6 is 0 Å². The summed E-state index contributed by atoms with van der Waals surface area (Å²) in [6.45, 7) is 0. The van der Waals surface area contributed by atoms with Gasteiger partial charge in [-0.1, -0.05) is 0 Å². The number of Topliss-reactive ketones (excluding diaryl/α,β-unsaturated/α-hetero) is 1. The minimum Gasteiger partial charge on any atom is -0.479 e. The Labute approximate surface area is 71.4 Å². The second-order valence-corrected chi connectivity index (χ2v) is 2.03. The van der Waals surface area contributed by atoms with Crippen LogP contribution in [-0.4, -0.2) is 50.4 Å². The summed E-state index contributed by atoms with van der Waals surface area (Å²) in [5.74, 6) is -5.10. The maximum absolute atomic E-state index is 10.6. The van der Waals surface area contributed by atoms with Gasteiger partial charge in [0.05, 0.1) is 0 Å². The minimum absolute atomic E-state index is 0.887. The summed E-state index contributed by atoms with van der Waals surface area (Å²) in [5, 5.41) is 33.3. The van der Waals surface area contributed by atoms with Gasteiger partial charge in [-0.25, -0.2) is 10.3 Å². The van der Waals surface area contributed by atoms with Crippen LogP contribution in [0.25, 0.3) is 0 Å². The van der Waals surface area contributed by atoms with Gasteiger partial charge in [0, 0.05) is 0 Å². The molecule has 0 fully saturated rings. The minimum atomic E-state index is -2.40. The Morgan fingerprint density at radius 1 is 1.08 bits per heavy atom. The predicted octanol–water partition coefficient (Wildman–Crippen LogP) is -3.13. The Balaban J connectivity index is 4.42. The molecule has 0 aliphatic rings. The number of hydrogen-bond donors (Lipinski definition) is 5. The van der Waals surface area contributed by atoms with Crippen LogP contribution in [0.15, 0.2) is 0 Å². The van der Waals surface area contributed by atoms with E-state index in [2.05, 4.69) is 0 Å². The number of aliphatic hydroxyl groups excluding tert-OH is 2. The summed E-state index contributed by atoms with van der Waals surface area (Å²) in [4.78, 5) is 30.9. The van der Waals surface area contributed by atoms with Crippen molar-refractivity contribution in [3.63, 3.8) is 0 Å². The van der Waals surface area contributed by atoms with E-state index in [0.29, 0.717) is 0 Å². The SMILES string of the molecule is O=C(NO)C(=O)C(O)C(O)C(=O)O. The molecule has 74 valence electrons. The number of nitrogens with one attached hydrogen (secondary N) is 1. The maximum Gasteiger partial charge on any atom is 0.335 e. The molecule has 0 aliphatic heterocycles. The number of ketones is 1. The van der Waals surface area contributed by atoms with E-state index >= 15 is 0 Å². The first-order chi connectivity index (χ1) is 5.91. The van der Waals surface area contributed by atoms with Crippen LogP contribution in [0.2, 0.25) is 0 Å². The number of carbonyl (C=O) groups is 3. The molecule has 0 aliphatic carbocycles. The van der Waals surface area contributed by atoms with Crippen LogP contribution in [0.4, 0.5) is 0 Å². The predicted molar refractivity (Wildman–Crippen MR) is 34.6 cm³/mol. The average Bonchev–Trinajstić information content (AvgIpc) is 2.12. The van der Waals surface area contributed by atoms with Crippen molar-refractivity contribution in [2.24, 2.45) is 0 Å². The van der Waals surface area contributed by atoms with Crippen molar-refractivity contribution in [1.82, 2.24) is 5.48 Å². The quantitative estimate of drug-likeness (QED) is 0.180. The van der Waals surface area contributed by atoms with Crippen LogP contribution in [0, 0.1) is 0 Å². The Morgan fingerprint density at radius 3 is 1.85 bits per heavy atom. The van der Waals surface area contributed by atoms with Gasteiger partial charge in [-0.05, 0) is 0 Å². The molecule has 0 bridgehead atoms. The monoisotopic (exact) mass is 193 g/mol. The highest BCUT2D eigenvalue weighted by molar-refractivity contribution is 6.38. The molecule has 0 spiro atoms. The standard InChI is InChI=1S/C5H7NO7/c7-1(3(9)5(11)12)2(8)4(10)6-13/h1,3,7,9,13H,(H,6,10)(H,11,12). The molecule has 8 heteroatoms. The second kappa shape index (κ2) is 4.50. The van der Waals surface area contributed by atoms with Gasteiger partial charge in [0.2, 0.25) is 0 Å². The first-order valence-corrected chi connectivity index (χ1v) is 2.99. The zero-order chi connectivity index (χ0) is 10.6. The summed E-state index contributed by atoms with van der Waals surface area (Å²) in [5.41, 5.74) is 0.887. The number of rotatable bonds is 4. The molecule has 0 heterocycles. The van der Waals surface area contributed by atoms with Gasteiger partial charge in [0.25, 0.3) is 5.78 Å². The van der Waals surface area contributed by atoms with Crippen molar-refractivity contribution in [2.75, 3.05) is 0 Å². The van der Waals surface area contributed by atoms with E-state index in [1.807, 2.05) is 0 Å². The molecule has 0 saturated heterocycles. The molecular formula is C5H7NO7. The number of amides is 1. The molecule has 2 atom stereocenters. The van der Waals surface area contributed by atoms with Gasteiger partial charge >= 0.3 is 11.9 Å². The summed E-state index contributed by atoms with van der Waals surface area (Å²) in [7, 11) is 0. The zero-order valence-corrected chi connectivity index (χ0v) is 6.17. The molecule has 0 saturated carbocycles. The number of aliphatic hydroxyl groups is 2. The van der Waals surface area contributed by atoms with Gasteiger partial charge in [-0.2, -0.15) is 0 Å². The lowest BCUT2D eigenvalue weighted by atomic mass is 10.1. The molecule has 13 heavy (non-hydrogen) atoms.